The first kappa shape index (κ1) is 31.2. The molecule has 0 saturated carbocycles. The van der Waals surface area contributed by atoms with Crippen LogP contribution in [0.1, 0.15) is 50.5 Å². The molecule has 4 aromatic heterocycles. The topological polar surface area (TPSA) is 141 Å². The van der Waals surface area contributed by atoms with Gasteiger partial charge in [0.1, 0.15) is 11.4 Å². The molecule has 0 saturated heterocycles. The minimum atomic E-state index is -0.580. The number of pyridine rings is 2. The first-order valence-electron chi connectivity index (χ1n) is 15.7. The molecule has 49 heavy (non-hydrogen) atoms. The van der Waals surface area contributed by atoms with Crippen molar-refractivity contribution in [2.24, 2.45) is 0 Å². The minimum absolute atomic E-state index is 0.104. The third-order valence-corrected chi connectivity index (χ3v) is 8.87. The van der Waals surface area contributed by atoms with Gasteiger partial charge < -0.3 is 19.8 Å². The van der Waals surface area contributed by atoms with E-state index in [0.29, 0.717) is 59.8 Å². The molecule has 6 heterocycles. The summed E-state index contributed by atoms with van der Waals surface area (Å²) >= 11 is 0. The molecule has 2 aliphatic heterocycles. The zero-order chi connectivity index (χ0) is 34.2. The number of fused-ring (bicyclic) bond motifs is 6. The van der Waals surface area contributed by atoms with Crippen molar-refractivity contribution in [3.8, 4) is 34.4 Å². The number of aromatic nitrogens is 4. The zero-order valence-corrected chi connectivity index (χ0v) is 26.3. The lowest BCUT2D eigenvalue weighted by Crippen LogP contribution is -2.23. The molecule has 8 rings (SSSR count). The standard InChI is InChI=1S/C19H15FN4O.C18H13FN4O/c1-11-14-7-12(9-21)8-15(13-3-4-16(20)23-10-13)18(14)24-6-2-5-22-19(25)17(11)24;19-16-9-12(2-4-21-16)14-7-11(10-20)6-13-8-15-18(24)22-3-1-5-23(15)17(13)14/h3-4,7-8,10H,2,5-6H2,1H3,(H,22,25);2,4,6-9H,1,3,5H2,(H,22,24). The van der Waals surface area contributed by atoms with Crippen molar-refractivity contribution in [1.82, 2.24) is 29.7 Å². The molecule has 6 aromatic rings. The molecule has 10 nitrogen and oxygen atoms in total. The van der Waals surface area contributed by atoms with Crippen LogP contribution in [-0.4, -0.2) is 44.0 Å². The van der Waals surface area contributed by atoms with Gasteiger partial charge in [0, 0.05) is 72.1 Å². The van der Waals surface area contributed by atoms with Gasteiger partial charge in [-0.2, -0.15) is 19.3 Å². The maximum Gasteiger partial charge on any atom is 0.268 e. The van der Waals surface area contributed by atoms with Crippen LogP contribution in [0.15, 0.2) is 67.0 Å². The summed E-state index contributed by atoms with van der Waals surface area (Å²) in [4.78, 5) is 32.1. The summed E-state index contributed by atoms with van der Waals surface area (Å²) < 4.78 is 30.8. The van der Waals surface area contributed by atoms with Crippen LogP contribution < -0.4 is 10.6 Å². The summed E-state index contributed by atoms with van der Waals surface area (Å²) in [6.45, 7) is 4.53. The van der Waals surface area contributed by atoms with E-state index >= 15 is 0 Å². The Balaban J connectivity index is 0.000000154. The summed E-state index contributed by atoms with van der Waals surface area (Å²) in [7, 11) is 0. The second-order valence-electron chi connectivity index (χ2n) is 11.9. The number of aryl methyl sites for hydroxylation is 3. The predicted molar refractivity (Wildman–Crippen MR) is 178 cm³/mol. The summed E-state index contributed by atoms with van der Waals surface area (Å²) in [5.74, 6) is -1.37. The van der Waals surface area contributed by atoms with E-state index in [0.717, 1.165) is 51.3 Å². The number of nitrogens with zero attached hydrogens (tertiary/aromatic N) is 6. The molecule has 0 bridgehead atoms. The smallest absolute Gasteiger partial charge is 0.268 e. The highest BCUT2D eigenvalue weighted by atomic mass is 19.1. The van der Waals surface area contributed by atoms with E-state index in [9.17, 15) is 28.9 Å². The maximum atomic E-state index is 13.6. The molecular weight excluding hydrogens is 626 g/mol. The molecule has 2 amide bonds. The third-order valence-electron chi connectivity index (χ3n) is 8.87. The van der Waals surface area contributed by atoms with E-state index < -0.39 is 11.9 Å². The van der Waals surface area contributed by atoms with Gasteiger partial charge in [-0.15, -0.1) is 0 Å². The van der Waals surface area contributed by atoms with Crippen molar-refractivity contribution in [1.29, 1.82) is 10.5 Å². The Bertz CT molecular complexity index is 2400. The molecule has 0 fully saturated rings. The summed E-state index contributed by atoms with van der Waals surface area (Å²) in [5, 5.41) is 26.1. The largest absolute Gasteiger partial charge is 0.351 e. The van der Waals surface area contributed by atoms with Crippen molar-refractivity contribution >= 4 is 33.6 Å². The van der Waals surface area contributed by atoms with Crippen molar-refractivity contribution < 1.29 is 18.4 Å². The molecule has 242 valence electrons. The van der Waals surface area contributed by atoms with Crippen LogP contribution in [0, 0.1) is 41.5 Å². The van der Waals surface area contributed by atoms with Crippen molar-refractivity contribution in [2.75, 3.05) is 13.1 Å². The third kappa shape index (κ3) is 5.63. The number of nitriles is 2. The molecule has 0 aliphatic carbocycles. The van der Waals surface area contributed by atoms with Crippen molar-refractivity contribution in [3.05, 3.63) is 107 Å². The molecule has 2 aliphatic rings. The van der Waals surface area contributed by atoms with E-state index in [4.69, 9.17) is 0 Å². The molecule has 2 aromatic carbocycles. The molecule has 0 spiro atoms. The normalized spacial score (nSPS) is 13.9. The minimum Gasteiger partial charge on any atom is -0.351 e. The van der Waals surface area contributed by atoms with Gasteiger partial charge in [-0.3, -0.25) is 9.59 Å². The Labute approximate surface area is 279 Å². The number of benzene rings is 2. The van der Waals surface area contributed by atoms with Crippen LogP contribution in [0.4, 0.5) is 8.78 Å². The fraction of sp³-hybridized carbons (Fsp3) is 0.189. The number of halogens is 2. The van der Waals surface area contributed by atoms with Gasteiger partial charge in [0.15, 0.2) is 0 Å². The van der Waals surface area contributed by atoms with Crippen LogP contribution in [0.2, 0.25) is 0 Å². The van der Waals surface area contributed by atoms with Gasteiger partial charge in [0.25, 0.3) is 11.8 Å². The van der Waals surface area contributed by atoms with Crippen LogP contribution in [0.3, 0.4) is 0 Å². The number of rotatable bonds is 2. The number of carbonyl (C=O) groups excluding carboxylic acids is 2. The van der Waals surface area contributed by atoms with Gasteiger partial charge in [-0.05, 0) is 79.4 Å². The number of carbonyl (C=O) groups is 2. The fourth-order valence-corrected chi connectivity index (χ4v) is 6.73. The number of amides is 2. The van der Waals surface area contributed by atoms with E-state index in [-0.39, 0.29) is 11.8 Å². The lowest BCUT2D eigenvalue weighted by Gasteiger charge is -2.11. The zero-order valence-electron chi connectivity index (χ0n) is 26.3. The summed E-state index contributed by atoms with van der Waals surface area (Å²) in [6, 6.07) is 19.1. The average Bonchev–Trinajstić information content (AvgIpc) is 3.46. The monoisotopic (exact) mass is 654 g/mol. The van der Waals surface area contributed by atoms with Gasteiger partial charge >= 0.3 is 0 Å². The molecule has 12 heteroatoms. The Hall–Kier alpha value is -6.40. The van der Waals surface area contributed by atoms with Crippen LogP contribution in [-0.2, 0) is 13.1 Å². The Morgan fingerprint density at radius 2 is 1.45 bits per heavy atom. The molecule has 0 unspecified atom stereocenters. The molecule has 2 N–H and O–H groups in total. The van der Waals surface area contributed by atoms with Crippen LogP contribution >= 0.6 is 0 Å². The number of hydrogen-bond donors (Lipinski definition) is 2. The first-order valence-corrected chi connectivity index (χ1v) is 15.7. The van der Waals surface area contributed by atoms with Gasteiger partial charge in [-0.1, -0.05) is 0 Å². The molecule has 0 atom stereocenters. The van der Waals surface area contributed by atoms with Crippen LogP contribution in [0.25, 0.3) is 44.1 Å². The van der Waals surface area contributed by atoms with Gasteiger partial charge in [0.05, 0.1) is 34.3 Å². The Morgan fingerprint density at radius 3 is 2.14 bits per heavy atom. The van der Waals surface area contributed by atoms with Gasteiger partial charge in [-0.25, -0.2) is 9.97 Å². The Morgan fingerprint density at radius 1 is 0.755 bits per heavy atom. The van der Waals surface area contributed by atoms with E-state index in [1.165, 1.54) is 24.5 Å². The van der Waals surface area contributed by atoms with Crippen molar-refractivity contribution in [3.63, 3.8) is 0 Å². The predicted octanol–water partition coefficient (Wildman–Crippen LogP) is 6.00. The quantitative estimate of drug-likeness (QED) is 0.219. The highest BCUT2D eigenvalue weighted by Crippen LogP contribution is 2.36. The fourth-order valence-electron chi connectivity index (χ4n) is 6.73. The lowest BCUT2D eigenvalue weighted by molar-refractivity contribution is 0.0943. The second-order valence-corrected chi connectivity index (χ2v) is 11.9. The number of hydrogen-bond acceptors (Lipinski definition) is 6. The highest BCUT2D eigenvalue weighted by molar-refractivity contribution is 6.07. The van der Waals surface area contributed by atoms with Crippen molar-refractivity contribution in [2.45, 2.75) is 32.9 Å². The number of nitrogens with one attached hydrogen (secondary N) is 2. The SMILES string of the molecule is Cc1c2n(c3c(-c4ccc(F)nc4)cc(C#N)cc13)CCCNC2=O.N#Cc1cc(-c2ccnc(F)c2)c2c(c1)cc1n2CCCNC1=O. The maximum absolute atomic E-state index is 13.6. The van der Waals surface area contributed by atoms with Gasteiger partial charge in [0.2, 0.25) is 11.9 Å². The van der Waals surface area contributed by atoms with E-state index in [2.05, 4.69) is 32.7 Å². The van der Waals surface area contributed by atoms with E-state index in [1.54, 1.807) is 42.5 Å². The summed E-state index contributed by atoms with van der Waals surface area (Å²) in [6.07, 6.45) is 4.49. The lowest BCUT2D eigenvalue weighted by atomic mass is 10.00. The summed E-state index contributed by atoms with van der Waals surface area (Å²) in [5.41, 5.74) is 7.59. The first-order chi connectivity index (χ1) is 23.8. The molecule has 0 radical (unpaired) electrons. The molecular formula is C37H28F2N8O2. The van der Waals surface area contributed by atoms with Crippen LogP contribution in [0.5, 0.6) is 0 Å². The Kier molecular flexibility index (Phi) is 8.06. The van der Waals surface area contributed by atoms with E-state index in [1.807, 2.05) is 16.1 Å². The highest BCUT2D eigenvalue weighted by Gasteiger charge is 2.25. The second kappa shape index (κ2) is 12.7. The average molecular weight is 655 g/mol.